The normalized spacial score (nSPS) is 24.9. The lowest BCUT2D eigenvalue weighted by atomic mass is 9.96. The number of hydrogen-bond donors (Lipinski definition) is 2. The zero-order valence-corrected chi connectivity index (χ0v) is 17.2. The second-order valence-electron chi connectivity index (χ2n) is 8.04. The smallest absolute Gasteiger partial charge is 0.250 e. The first-order valence-corrected chi connectivity index (χ1v) is 10.7. The van der Waals surface area contributed by atoms with Gasteiger partial charge in [0.2, 0.25) is 11.8 Å². The van der Waals surface area contributed by atoms with E-state index in [9.17, 15) is 9.59 Å². The Morgan fingerprint density at radius 1 is 1.30 bits per heavy atom. The molecule has 2 N–H and O–H groups in total. The molecule has 1 saturated heterocycles. The summed E-state index contributed by atoms with van der Waals surface area (Å²) in [6.07, 6.45) is 4.64. The number of rotatable bonds is 4. The number of carbonyl (C=O) groups is 2. The first-order valence-electron chi connectivity index (χ1n) is 10.3. The molecule has 1 aromatic carbocycles. The SMILES string of the molecule is O=C(NC1Cc2ccccc2N(CC2CCCO2)C1=O)C1Cc2cc(Cl)ncc2N1. The number of pyridine rings is 1. The van der Waals surface area contributed by atoms with Gasteiger partial charge >= 0.3 is 0 Å². The number of anilines is 2. The van der Waals surface area contributed by atoms with Gasteiger partial charge in [-0.15, -0.1) is 0 Å². The summed E-state index contributed by atoms with van der Waals surface area (Å²) in [6, 6.07) is 8.60. The molecule has 0 radical (unpaired) electrons. The second-order valence-corrected chi connectivity index (χ2v) is 8.43. The molecule has 0 bridgehead atoms. The summed E-state index contributed by atoms with van der Waals surface area (Å²) in [7, 11) is 0. The van der Waals surface area contributed by atoms with Crippen molar-refractivity contribution >= 4 is 34.8 Å². The quantitative estimate of drug-likeness (QED) is 0.733. The van der Waals surface area contributed by atoms with E-state index < -0.39 is 12.1 Å². The van der Waals surface area contributed by atoms with Crippen molar-refractivity contribution in [2.24, 2.45) is 0 Å². The molecular formula is C22H23ClN4O3. The molecule has 3 aliphatic rings. The highest BCUT2D eigenvalue weighted by Crippen LogP contribution is 2.30. The second kappa shape index (κ2) is 7.89. The monoisotopic (exact) mass is 426 g/mol. The van der Waals surface area contributed by atoms with E-state index in [2.05, 4.69) is 15.6 Å². The Bertz CT molecular complexity index is 992. The van der Waals surface area contributed by atoms with Crippen molar-refractivity contribution in [3.05, 3.63) is 52.8 Å². The van der Waals surface area contributed by atoms with Crippen molar-refractivity contribution in [2.45, 2.75) is 43.9 Å². The van der Waals surface area contributed by atoms with Gasteiger partial charge < -0.3 is 20.3 Å². The van der Waals surface area contributed by atoms with Gasteiger partial charge in [0.1, 0.15) is 17.2 Å². The molecule has 2 aromatic rings. The molecule has 4 heterocycles. The van der Waals surface area contributed by atoms with Crippen molar-refractivity contribution in [3.63, 3.8) is 0 Å². The Kier molecular flexibility index (Phi) is 5.08. The minimum absolute atomic E-state index is 0.0414. The molecule has 156 valence electrons. The largest absolute Gasteiger partial charge is 0.376 e. The van der Waals surface area contributed by atoms with Gasteiger partial charge in [-0.3, -0.25) is 9.59 Å². The molecule has 2 amide bonds. The fourth-order valence-corrected chi connectivity index (χ4v) is 4.69. The first kappa shape index (κ1) is 19.3. The van der Waals surface area contributed by atoms with Crippen LogP contribution in [0.3, 0.4) is 0 Å². The Hall–Kier alpha value is -2.64. The number of amides is 2. The van der Waals surface area contributed by atoms with Gasteiger partial charge in [-0.2, -0.15) is 0 Å². The summed E-state index contributed by atoms with van der Waals surface area (Å²) >= 11 is 5.96. The number of fused-ring (bicyclic) bond motifs is 2. The highest BCUT2D eigenvalue weighted by molar-refractivity contribution is 6.29. The van der Waals surface area contributed by atoms with Gasteiger partial charge in [0, 0.05) is 25.1 Å². The topological polar surface area (TPSA) is 83.6 Å². The van der Waals surface area contributed by atoms with E-state index in [1.807, 2.05) is 24.3 Å². The van der Waals surface area contributed by atoms with E-state index in [0.29, 0.717) is 24.5 Å². The Labute approximate surface area is 179 Å². The zero-order valence-electron chi connectivity index (χ0n) is 16.4. The molecule has 8 heteroatoms. The predicted octanol–water partition coefficient (Wildman–Crippen LogP) is 2.32. The summed E-state index contributed by atoms with van der Waals surface area (Å²) in [5.74, 6) is -0.283. The number of hydrogen-bond acceptors (Lipinski definition) is 5. The Morgan fingerprint density at radius 2 is 2.17 bits per heavy atom. The summed E-state index contributed by atoms with van der Waals surface area (Å²) in [5.41, 5.74) is 3.73. The molecular weight excluding hydrogens is 404 g/mol. The Balaban J connectivity index is 1.32. The zero-order chi connectivity index (χ0) is 20.7. The Morgan fingerprint density at radius 3 is 3.00 bits per heavy atom. The lowest BCUT2D eigenvalue weighted by Crippen LogP contribution is -2.56. The summed E-state index contributed by atoms with van der Waals surface area (Å²) < 4.78 is 5.75. The standard InChI is InChI=1S/C22H23ClN4O3/c23-20-10-14-9-16(25-18(14)11-24-20)21(28)26-17-8-13-4-1-2-6-19(13)27(22(17)29)12-15-5-3-7-30-15/h1-2,4,6,10-11,15-17,25H,3,5,7-9,12H2,(H,26,28). The highest BCUT2D eigenvalue weighted by atomic mass is 35.5. The fraction of sp³-hybridized carbons (Fsp3) is 0.409. The molecule has 3 unspecified atom stereocenters. The maximum absolute atomic E-state index is 13.3. The van der Waals surface area contributed by atoms with E-state index in [0.717, 1.165) is 42.0 Å². The lowest BCUT2D eigenvalue weighted by molar-refractivity contribution is -0.128. The van der Waals surface area contributed by atoms with Crippen LogP contribution in [0.25, 0.3) is 0 Å². The molecule has 3 aliphatic heterocycles. The number of aromatic nitrogens is 1. The summed E-state index contributed by atoms with van der Waals surface area (Å²) in [6.45, 7) is 1.25. The van der Waals surface area contributed by atoms with Crippen LogP contribution in [-0.4, -0.2) is 48.1 Å². The molecule has 5 rings (SSSR count). The average Bonchev–Trinajstić information content (AvgIpc) is 3.40. The van der Waals surface area contributed by atoms with Gasteiger partial charge in [0.15, 0.2) is 0 Å². The average molecular weight is 427 g/mol. The molecule has 0 aliphatic carbocycles. The third kappa shape index (κ3) is 3.63. The van der Waals surface area contributed by atoms with Crippen LogP contribution in [0.4, 0.5) is 11.4 Å². The van der Waals surface area contributed by atoms with E-state index in [-0.39, 0.29) is 17.9 Å². The van der Waals surface area contributed by atoms with Crippen LogP contribution < -0.4 is 15.5 Å². The molecule has 1 aromatic heterocycles. The van der Waals surface area contributed by atoms with Gasteiger partial charge in [0.05, 0.1) is 24.5 Å². The van der Waals surface area contributed by atoms with Crippen molar-refractivity contribution < 1.29 is 14.3 Å². The molecule has 0 saturated carbocycles. The first-order chi connectivity index (χ1) is 14.6. The maximum atomic E-state index is 13.3. The molecule has 7 nitrogen and oxygen atoms in total. The summed E-state index contributed by atoms with van der Waals surface area (Å²) in [5, 5.41) is 6.55. The molecule has 3 atom stereocenters. The minimum atomic E-state index is -0.596. The molecule has 30 heavy (non-hydrogen) atoms. The van der Waals surface area contributed by atoms with Crippen molar-refractivity contribution in [1.29, 1.82) is 0 Å². The number of ether oxygens (including phenoxy) is 1. The summed E-state index contributed by atoms with van der Waals surface area (Å²) in [4.78, 5) is 32.1. The van der Waals surface area contributed by atoms with Crippen LogP contribution in [0, 0.1) is 0 Å². The third-order valence-corrected chi connectivity index (χ3v) is 6.23. The van der Waals surface area contributed by atoms with E-state index in [4.69, 9.17) is 16.3 Å². The van der Waals surface area contributed by atoms with Crippen molar-refractivity contribution in [1.82, 2.24) is 10.3 Å². The number of nitrogens with one attached hydrogen (secondary N) is 2. The van der Waals surface area contributed by atoms with Crippen LogP contribution in [0.15, 0.2) is 36.5 Å². The number of carbonyl (C=O) groups excluding carboxylic acids is 2. The van der Waals surface area contributed by atoms with Gasteiger partial charge in [-0.25, -0.2) is 4.98 Å². The van der Waals surface area contributed by atoms with Gasteiger partial charge in [-0.05, 0) is 36.1 Å². The minimum Gasteiger partial charge on any atom is -0.376 e. The number of nitrogens with zero attached hydrogens (tertiary/aromatic N) is 2. The van der Waals surface area contributed by atoms with E-state index in [1.54, 1.807) is 17.2 Å². The van der Waals surface area contributed by atoms with Gasteiger partial charge in [0.25, 0.3) is 0 Å². The van der Waals surface area contributed by atoms with E-state index >= 15 is 0 Å². The maximum Gasteiger partial charge on any atom is 0.250 e. The molecule has 1 fully saturated rings. The van der Waals surface area contributed by atoms with E-state index in [1.165, 1.54) is 0 Å². The predicted molar refractivity (Wildman–Crippen MR) is 114 cm³/mol. The molecule has 0 spiro atoms. The lowest BCUT2D eigenvalue weighted by Gasteiger charge is -2.36. The number of halogens is 1. The van der Waals surface area contributed by atoms with Crippen molar-refractivity contribution in [3.8, 4) is 0 Å². The van der Waals surface area contributed by atoms with Crippen molar-refractivity contribution in [2.75, 3.05) is 23.4 Å². The van der Waals surface area contributed by atoms with Crippen LogP contribution in [0.2, 0.25) is 5.15 Å². The van der Waals surface area contributed by atoms with Gasteiger partial charge in [-0.1, -0.05) is 29.8 Å². The van der Waals surface area contributed by atoms with Crippen LogP contribution in [0.1, 0.15) is 24.0 Å². The number of para-hydroxylation sites is 1. The number of benzene rings is 1. The van der Waals surface area contributed by atoms with Crippen LogP contribution >= 0.6 is 11.6 Å². The van der Waals surface area contributed by atoms with Crippen LogP contribution in [0.5, 0.6) is 0 Å². The fourth-order valence-electron chi connectivity index (χ4n) is 4.51. The van der Waals surface area contributed by atoms with Crippen LogP contribution in [-0.2, 0) is 27.2 Å². The third-order valence-electron chi connectivity index (χ3n) is 6.02. The highest BCUT2D eigenvalue weighted by Gasteiger charge is 2.37.